The van der Waals surface area contributed by atoms with E-state index in [1.807, 2.05) is 30.5 Å². The molecule has 35 heavy (non-hydrogen) atoms. The molecule has 0 amide bonds. The third-order valence-corrected chi connectivity index (χ3v) is 7.09. The number of thiophene rings is 1. The predicted molar refractivity (Wildman–Crippen MR) is 142 cm³/mol. The summed E-state index contributed by atoms with van der Waals surface area (Å²) in [5.41, 5.74) is 5.54. The summed E-state index contributed by atoms with van der Waals surface area (Å²) in [6, 6.07) is 8.20. The molecule has 6 nitrogen and oxygen atoms in total. The van der Waals surface area contributed by atoms with E-state index in [0.717, 1.165) is 52.2 Å². The summed E-state index contributed by atoms with van der Waals surface area (Å²) >= 11 is 1.65. The maximum Gasteiger partial charge on any atom is 0.352 e. The van der Waals surface area contributed by atoms with Crippen molar-refractivity contribution in [3.8, 4) is 33.2 Å². The smallest absolute Gasteiger partial charge is 0.352 e. The molecule has 4 rings (SSSR count). The Morgan fingerprint density at radius 2 is 2.03 bits per heavy atom. The normalized spacial score (nSPS) is 13.0. The molecule has 0 spiro atoms. The topological polar surface area (TPSA) is 72.7 Å². The molecule has 1 aliphatic rings. The molecule has 0 aliphatic carbocycles. The quantitative estimate of drug-likeness (QED) is 0.342. The third kappa shape index (κ3) is 5.26. The number of hydrogen-bond acceptors (Lipinski definition) is 5. The van der Waals surface area contributed by atoms with Gasteiger partial charge >= 0.3 is 5.97 Å². The molecule has 0 atom stereocenters. The minimum atomic E-state index is -0.872. The van der Waals surface area contributed by atoms with Crippen molar-refractivity contribution in [2.24, 2.45) is 0 Å². The van der Waals surface area contributed by atoms with Gasteiger partial charge in [-0.1, -0.05) is 6.07 Å². The molecule has 0 unspecified atom stereocenters. The molecule has 0 radical (unpaired) electrons. The highest BCUT2D eigenvalue weighted by Crippen LogP contribution is 2.47. The Morgan fingerprint density at radius 1 is 1.26 bits per heavy atom. The first kappa shape index (κ1) is 25.3. The van der Waals surface area contributed by atoms with E-state index in [0.29, 0.717) is 30.2 Å². The Hall–Kier alpha value is -2.77. The number of aromatic carboxylic acids is 1. The number of carbonyl (C=O) groups is 1. The molecule has 7 heteroatoms. The summed E-state index contributed by atoms with van der Waals surface area (Å²) in [5, 5.41) is 15.9. The molecular formula is C28H36N2O4S. The van der Waals surface area contributed by atoms with Crippen LogP contribution in [0.3, 0.4) is 0 Å². The zero-order valence-corrected chi connectivity index (χ0v) is 22.3. The van der Waals surface area contributed by atoms with Crippen LogP contribution in [-0.2, 0) is 19.4 Å². The van der Waals surface area contributed by atoms with Crippen LogP contribution < -0.4 is 14.8 Å². The van der Waals surface area contributed by atoms with Crippen LogP contribution in [0.5, 0.6) is 11.5 Å². The van der Waals surface area contributed by atoms with Gasteiger partial charge in [0.05, 0.1) is 18.9 Å². The SMILES string of the molecule is COc1cc2c(cc1OC(C)C)-c1c(-c3cccs3)c(CCCNC(C)(C)C)c(C(=O)O)n1CC2. The van der Waals surface area contributed by atoms with Crippen LogP contribution in [0.15, 0.2) is 29.6 Å². The highest BCUT2D eigenvalue weighted by molar-refractivity contribution is 7.13. The summed E-state index contributed by atoms with van der Waals surface area (Å²) in [5.74, 6) is 0.520. The van der Waals surface area contributed by atoms with E-state index in [1.54, 1.807) is 18.4 Å². The van der Waals surface area contributed by atoms with Crippen LogP contribution in [-0.4, -0.2) is 40.9 Å². The lowest BCUT2D eigenvalue weighted by atomic mass is 9.93. The molecule has 3 heterocycles. The van der Waals surface area contributed by atoms with Crippen LogP contribution in [0.2, 0.25) is 0 Å². The average Bonchev–Trinajstić information content (AvgIpc) is 3.40. The van der Waals surface area contributed by atoms with Crippen molar-refractivity contribution in [1.29, 1.82) is 0 Å². The van der Waals surface area contributed by atoms with Gasteiger partial charge in [-0.05, 0) is 95.1 Å². The number of carboxylic acid groups (broad SMARTS) is 1. The van der Waals surface area contributed by atoms with Crippen molar-refractivity contribution >= 4 is 17.3 Å². The van der Waals surface area contributed by atoms with Crippen LogP contribution in [0.1, 0.15) is 62.7 Å². The van der Waals surface area contributed by atoms with Gasteiger partial charge in [-0.15, -0.1) is 11.3 Å². The molecule has 188 valence electrons. The zero-order valence-electron chi connectivity index (χ0n) is 21.5. The Bertz CT molecular complexity index is 1200. The second-order valence-electron chi connectivity index (χ2n) is 10.3. The van der Waals surface area contributed by atoms with E-state index in [1.165, 1.54) is 0 Å². The summed E-state index contributed by atoms with van der Waals surface area (Å²) in [6.45, 7) is 11.9. The number of carboxylic acids is 1. The number of aryl methyl sites for hydroxylation is 1. The second-order valence-corrected chi connectivity index (χ2v) is 11.3. The van der Waals surface area contributed by atoms with Gasteiger partial charge in [0.15, 0.2) is 11.5 Å². The molecule has 2 N–H and O–H groups in total. The molecule has 2 aromatic heterocycles. The number of nitrogens with one attached hydrogen (secondary N) is 1. The number of benzene rings is 1. The van der Waals surface area contributed by atoms with Crippen molar-refractivity contribution in [2.45, 2.75) is 72.1 Å². The monoisotopic (exact) mass is 496 g/mol. The fourth-order valence-electron chi connectivity index (χ4n) is 4.84. The number of nitrogens with zero attached hydrogens (tertiary/aromatic N) is 1. The lowest BCUT2D eigenvalue weighted by molar-refractivity contribution is 0.0683. The van der Waals surface area contributed by atoms with E-state index in [2.05, 4.69) is 43.6 Å². The lowest BCUT2D eigenvalue weighted by Gasteiger charge is -2.24. The number of fused-ring (bicyclic) bond motifs is 3. The summed E-state index contributed by atoms with van der Waals surface area (Å²) in [6.07, 6.45) is 2.29. The van der Waals surface area contributed by atoms with Gasteiger partial charge in [0.25, 0.3) is 0 Å². The second kappa shape index (κ2) is 10.1. The number of methoxy groups -OCH3 is 1. The van der Waals surface area contributed by atoms with Crippen molar-refractivity contribution in [1.82, 2.24) is 9.88 Å². The Kier molecular flexibility index (Phi) is 7.29. The minimum absolute atomic E-state index is 0.00505. The molecule has 0 bridgehead atoms. The van der Waals surface area contributed by atoms with Gasteiger partial charge < -0.3 is 24.5 Å². The first-order valence-corrected chi connectivity index (χ1v) is 13.1. The van der Waals surface area contributed by atoms with Crippen LogP contribution >= 0.6 is 11.3 Å². The summed E-state index contributed by atoms with van der Waals surface area (Å²) < 4.78 is 13.7. The van der Waals surface area contributed by atoms with Crippen molar-refractivity contribution < 1.29 is 19.4 Å². The maximum atomic E-state index is 12.6. The van der Waals surface area contributed by atoms with E-state index in [-0.39, 0.29) is 11.6 Å². The zero-order chi connectivity index (χ0) is 25.3. The van der Waals surface area contributed by atoms with E-state index < -0.39 is 5.97 Å². The highest BCUT2D eigenvalue weighted by atomic mass is 32.1. The van der Waals surface area contributed by atoms with Gasteiger partial charge in [0, 0.05) is 28.1 Å². The first-order chi connectivity index (χ1) is 16.6. The minimum Gasteiger partial charge on any atom is -0.493 e. The standard InChI is InChI=1S/C28H36N2O4S/c1-17(2)34-22-16-20-18(15-21(22)33-6)11-13-30-25(20)24(23-10-8-14-35-23)19(26(30)27(31)32)9-7-12-29-28(3,4)5/h8,10,14-17,29H,7,9,11-13H2,1-6H3,(H,31,32). The number of rotatable bonds is 9. The number of hydrogen-bond donors (Lipinski definition) is 2. The summed E-state index contributed by atoms with van der Waals surface area (Å²) in [4.78, 5) is 13.7. The van der Waals surface area contributed by atoms with Gasteiger partial charge in [-0.25, -0.2) is 4.79 Å². The Labute approximate surface area is 211 Å². The third-order valence-electron chi connectivity index (χ3n) is 6.21. The molecule has 0 saturated heterocycles. The molecule has 0 saturated carbocycles. The molecule has 3 aromatic rings. The van der Waals surface area contributed by atoms with Crippen molar-refractivity contribution in [3.05, 3.63) is 46.5 Å². The first-order valence-electron chi connectivity index (χ1n) is 12.3. The largest absolute Gasteiger partial charge is 0.493 e. The molecule has 1 aromatic carbocycles. The van der Waals surface area contributed by atoms with Gasteiger partial charge in [0.2, 0.25) is 0 Å². The maximum absolute atomic E-state index is 12.6. The molecular weight excluding hydrogens is 460 g/mol. The van der Waals surface area contributed by atoms with E-state index in [4.69, 9.17) is 9.47 Å². The molecule has 1 aliphatic heterocycles. The molecule has 0 fully saturated rings. The van der Waals surface area contributed by atoms with Crippen LogP contribution in [0.4, 0.5) is 0 Å². The van der Waals surface area contributed by atoms with Crippen LogP contribution in [0.25, 0.3) is 21.7 Å². The predicted octanol–water partition coefficient (Wildman–Crippen LogP) is 6.25. The highest BCUT2D eigenvalue weighted by Gasteiger charge is 2.32. The lowest BCUT2D eigenvalue weighted by Crippen LogP contribution is -2.36. The fourth-order valence-corrected chi connectivity index (χ4v) is 5.64. The number of aromatic nitrogens is 1. The van der Waals surface area contributed by atoms with Crippen molar-refractivity contribution in [3.63, 3.8) is 0 Å². The fraction of sp³-hybridized carbons (Fsp3) is 0.464. The summed E-state index contributed by atoms with van der Waals surface area (Å²) in [7, 11) is 1.66. The van der Waals surface area contributed by atoms with Crippen molar-refractivity contribution in [2.75, 3.05) is 13.7 Å². The van der Waals surface area contributed by atoms with E-state index >= 15 is 0 Å². The van der Waals surface area contributed by atoms with Gasteiger partial charge in [-0.3, -0.25) is 0 Å². The Balaban J connectivity index is 1.89. The average molecular weight is 497 g/mol. The van der Waals surface area contributed by atoms with Gasteiger partial charge in [0.1, 0.15) is 5.69 Å². The Morgan fingerprint density at radius 3 is 2.63 bits per heavy atom. The van der Waals surface area contributed by atoms with Crippen LogP contribution in [0, 0.1) is 0 Å². The number of ether oxygens (including phenoxy) is 2. The van der Waals surface area contributed by atoms with E-state index in [9.17, 15) is 9.90 Å². The van der Waals surface area contributed by atoms with Gasteiger partial charge in [-0.2, -0.15) is 0 Å².